The molecule has 0 N–H and O–H groups in total. The average Bonchev–Trinajstić information content (AvgIpc) is 3.27. The number of methoxy groups -OCH3 is 3. The average molecular weight is 397 g/mol. The fourth-order valence-electron chi connectivity index (χ4n) is 4.33. The minimum absolute atomic E-state index is 0.0500. The summed E-state index contributed by atoms with van der Waals surface area (Å²) < 4.78 is 22.0. The summed E-state index contributed by atoms with van der Waals surface area (Å²) >= 11 is 0. The first-order valence-electron chi connectivity index (χ1n) is 9.96. The molecular formula is C23H27NO5. The minimum Gasteiger partial charge on any atom is -0.497 e. The minimum atomic E-state index is -0.185. The first-order valence-corrected chi connectivity index (χ1v) is 9.96. The van der Waals surface area contributed by atoms with Crippen LogP contribution in [0.25, 0.3) is 0 Å². The van der Waals surface area contributed by atoms with Crippen molar-refractivity contribution in [2.24, 2.45) is 5.92 Å². The molecule has 4 rings (SSSR count). The summed E-state index contributed by atoms with van der Waals surface area (Å²) in [7, 11) is 4.90. The van der Waals surface area contributed by atoms with Gasteiger partial charge in [-0.05, 0) is 60.7 Å². The molecule has 6 nitrogen and oxygen atoms in total. The lowest BCUT2D eigenvalue weighted by atomic mass is 9.94. The monoisotopic (exact) mass is 397 g/mol. The predicted molar refractivity (Wildman–Crippen MR) is 109 cm³/mol. The van der Waals surface area contributed by atoms with Gasteiger partial charge in [0, 0.05) is 6.54 Å². The summed E-state index contributed by atoms with van der Waals surface area (Å²) in [6, 6.07) is 11.7. The summed E-state index contributed by atoms with van der Waals surface area (Å²) in [5, 5.41) is 0. The molecule has 0 spiro atoms. The van der Waals surface area contributed by atoms with Crippen molar-refractivity contribution >= 4 is 5.91 Å². The molecule has 2 aliphatic rings. The standard InChI is InChI=1S/C23H27NO5/c1-26-18-7-9-20-16(12-18)11-17(14-29-20)23(25)24-10-4-5-19(24)15-6-8-21(27-2)22(13-15)28-3/h6-9,12-13,17,19H,4-5,10-11,14H2,1-3H3/t17-,19-/m0/s1. The van der Waals surface area contributed by atoms with Crippen molar-refractivity contribution in [2.45, 2.75) is 25.3 Å². The highest BCUT2D eigenvalue weighted by molar-refractivity contribution is 5.80. The zero-order valence-electron chi connectivity index (χ0n) is 17.1. The fraction of sp³-hybridized carbons (Fsp3) is 0.435. The number of benzene rings is 2. The van der Waals surface area contributed by atoms with Crippen LogP contribution < -0.4 is 18.9 Å². The molecule has 0 aromatic heterocycles. The van der Waals surface area contributed by atoms with E-state index in [9.17, 15) is 4.79 Å². The Morgan fingerprint density at radius 2 is 1.86 bits per heavy atom. The Hall–Kier alpha value is -2.89. The van der Waals surface area contributed by atoms with Crippen molar-refractivity contribution < 1.29 is 23.7 Å². The molecule has 2 aromatic rings. The van der Waals surface area contributed by atoms with Crippen molar-refractivity contribution in [1.82, 2.24) is 4.90 Å². The highest BCUT2D eigenvalue weighted by Crippen LogP contribution is 2.39. The number of carbonyl (C=O) groups excluding carboxylic acids is 1. The van der Waals surface area contributed by atoms with Crippen LogP contribution in [0.4, 0.5) is 0 Å². The van der Waals surface area contributed by atoms with Crippen LogP contribution in [0.15, 0.2) is 36.4 Å². The van der Waals surface area contributed by atoms with Gasteiger partial charge in [-0.1, -0.05) is 6.07 Å². The number of ether oxygens (including phenoxy) is 4. The number of rotatable bonds is 5. The molecule has 2 aliphatic heterocycles. The van der Waals surface area contributed by atoms with E-state index in [2.05, 4.69) is 0 Å². The van der Waals surface area contributed by atoms with E-state index < -0.39 is 0 Å². The molecule has 2 aromatic carbocycles. The lowest BCUT2D eigenvalue weighted by Gasteiger charge is -2.32. The van der Waals surface area contributed by atoms with E-state index in [4.69, 9.17) is 18.9 Å². The number of nitrogens with zero attached hydrogens (tertiary/aromatic N) is 1. The topological polar surface area (TPSA) is 57.2 Å². The Morgan fingerprint density at radius 1 is 1.03 bits per heavy atom. The lowest BCUT2D eigenvalue weighted by Crippen LogP contribution is -2.40. The number of carbonyl (C=O) groups is 1. The first kappa shape index (κ1) is 19.4. The van der Waals surface area contributed by atoms with E-state index in [-0.39, 0.29) is 17.9 Å². The zero-order chi connectivity index (χ0) is 20.4. The molecule has 29 heavy (non-hydrogen) atoms. The molecule has 1 amide bonds. The number of likely N-dealkylation sites (tertiary alicyclic amines) is 1. The van der Waals surface area contributed by atoms with Gasteiger partial charge in [0.25, 0.3) is 0 Å². The van der Waals surface area contributed by atoms with E-state index in [1.807, 2.05) is 41.3 Å². The van der Waals surface area contributed by atoms with Crippen LogP contribution in [0.5, 0.6) is 23.0 Å². The summed E-state index contributed by atoms with van der Waals surface area (Å²) in [6.07, 6.45) is 2.60. The van der Waals surface area contributed by atoms with Gasteiger partial charge in [0.2, 0.25) is 5.91 Å². The van der Waals surface area contributed by atoms with E-state index in [1.54, 1.807) is 21.3 Å². The molecule has 0 bridgehead atoms. The van der Waals surface area contributed by atoms with Crippen molar-refractivity contribution in [2.75, 3.05) is 34.5 Å². The van der Waals surface area contributed by atoms with Crippen molar-refractivity contribution in [1.29, 1.82) is 0 Å². The van der Waals surface area contributed by atoms with Crippen molar-refractivity contribution in [3.8, 4) is 23.0 Å². The highest BCUT2D eigenvalue weighted by Gasteiger charge is 2.36. The Bertz CT molecular complexity index is 897. The third-order valence-electron chi connectivity index (χ3n) is 5.85. The summed E-state index contributed by atoms with van der Waals surface area (Å²) in [5.74, 6) is 2.97. The second kappa shape index (κ2) is 8.23. The molecule has 1 saturated heterocycles. The van der Waals surface area contributed by atoms with Gasteiger partial charge >= 0.3 is 0 Å². The number of amides is 1. The Kier molecular flexibility index (Phi) is 5.51. The highest BCUT2D eigenvalue weighted by atomic mass is 16.5. The third-order valence-corrected chi connectivity index (χ3v) is 5.85. The largest absolute Gasteiger partial charge is 0.497 e. The number of fused-ring (bicyclic) bond motifs is 1. The second-order valence-electron chi connectivity index (χ2n) is 7.49. The van der Waals surface area contributed by atoms with Gasteiger partial charge in [-0.15, -0.1) is 0 Å². The lowest BCUT2D eigenvalue weighted by molar-refractivity contribution is -0.137. The molecule has 2 heterocycles. The molecule has 1 fully saturated rings. The maximum Gasteiger partial charge on any atom is 0.229 e. The summed E-state index contributed by atoms with van der Waals surface area (Å²) in [6.45, 7) is 1.17. The normalized spacial score (nSPS) is 20.6. The molecular weight excluding hydrogens is 370 g/mol. The predicted octanol–water partition coefficient (Wildman–Crippen LogP) is 3.63. The molecule has 0 saturated carbocycles. The quantitative estimate of drug-likeness (QED) is 0.771. The van der Waals surface area contributed by atoms with Crippen LogP contribution in [0.1, 0.15) is 30.0 Å². The van der Waals surface area contributed by atoms with Crippen LogP contribution in [-0.2, 0) is 11.2 Å². The van der Waals surface area contributed by atoms with Gasteiger partial charge < -0.3 is 23.8 Å². The van der Waals surface area contributed by atoms with Crippen LogP contribution in [0.2, 0.25) is 0 Å². The fourth-order valence-corrected chi connectivity index (χ4v) is 4.33. The Morgan fingerprint density at radius 3 is 2.62 bits per heavy atom. The number of hydrogen-bond donors (Lipinski definition) is 0. The van der Waals surface area contributed by atoms with E-state index in [0.29, 0.717) is 24.5 Å². The van der Waals surface area contributed by atoms with Gasteiger partial charge in [-0.3, -0.25) is 4.79 Å². The molecule has 0 aliphatic carbocycles. The summed E-state index contributed by atoms with van der Waals surface area (Å²) in [4.78, 5) is 15.4. The Labute approximate surface area is 171 Å². The second-order valence-corrected chi connectivity index (χ2v) is 7.49. The smallest absolute Gasteiger partial charge is 0.229 e. The van der Waals surface area contributed by atoms with Gasteiger partial charge in [-0.2, -0.15) is 0 Å². The van der Waals surface area contributed by atoms with Gasteiger partial charge in [-0.25, -0.2) is 0 Å². The number of hydrogen-bond acceptors (Lipinski definition) is 5. The van der Waals surface area contributed by atoms with Gasteiger partial charge in [0.1, 0.15) is 18.1 Å². The van der Waals surface area contributed by atoms with E-state index >= 15 is 0 Å². The van der Waals surface area contributed by atoms with E-state index in [0.717, 1.165) is 42.0 Å². The molecule has 0 unspecified atom stereocenters. The third kappa shape index (κ3) is 3.71. The molecule has 0 radical (unpaired) electrons. The molecule has 6 heteroatoms. The zero-order valence-corrected chi connectivity index (χ0v) is 17.1. The Balaban J connectivity index is 1.54. The molecule has 154 valence electrons. The SMILES string of the molecule is COc1ccc2c(c1)C[C@H](C(=O)N1CCC[C@H]1c1ccc(OC)c(OC)c1)CO2. The van der Waals surface area contributed by atoms with Gasteiger partial charge in [0.15, 0.2) is 11.5 Å². The first-order chi connectivity index (χ1) is 14.1. The van der Waals surface area contributed by atoms with Crippen molar-refractivity contribution in [3.05, 3.63) is 47.5 Å². The van der Waals surface area contributed by atoms with Crippen LogP contribution in [-0.4, -0.2) is 45.3 Å². The van der Waals surface area contributed by atoms with E-state index in [1.165, 1.54) is 0 Å². The maximum absolute atomic E-state index is 13.4. The summed E-state index contributed by atoms with van der Waals surface area (Å²) in [5.41, 5.74) is 2.10. The van der Waals surface area contributed by atoms with Crippen LogP contribution in [0.3, 0.4) is 0 Å². The van der Waals surface area contributed by atoms with Crippen LogP contribution in [0, 0.1) is 5.92 Å². The van der Waals surface area contributed by atoms with Crippen molar-refractivity contribution in [3.63, 3.8) is 0 Å². The van der Waals surface area contributed by atoms with Gasteiger partial charge in [0.05, 0.1) is 33.3 Å². The van der Waals surface area contributed by atoms with Crippen LogP contribution >= 0.6 is 0 Å². The molecule has 2 atom stereocenters. The maximum atomic E-state index is 13.4.